The number of rotatable bonds is 6. The Hall–Kier alpha value is -3.85. The van der Waals surface area contributed by atoms with Crippen LogP contribution in [0.1, 0.15) is 21.8 Å². The Morgan fingerprint density at radius 3 is 2.32 bits per heavy atom. The van der Waals surface area contributed by atoms with Gasteiger partial charge in [0.15, 0.2) is 0 Å². The van der Waals surface area contributed by atoms with E-state index in [2.05, 4.69) is 20.5 Å². The van der Waals surface area contributed by atoms with E-state index in [0.717, 1.165) is 41.5 Å². The van der Waals surface area contributed by atoms with Crippen molar-refractivity contribution in [3.05, 3.63) is 65.5 Å². The van der Waals surface area contributed by atoms with E-state index in [-0.39, 0.29) is 11.9 Å². The van der Waals surface area contributed by atoms with E-state index < -0.39 is 0 Å². The molecule has 1 aliphatic rings. The lowest BCUT2D eigenvalue weighted by Crippen LogP contribution is -2.49. The molecule has 34 heavy (non-hydrogen) atoms. The Kier molecular flexibility index (Phi) is 7.12. The van der Waals surface area contributed by atoms with Crippen LogP contribution in [0, 0.1) is 6.92 Å². The molecule has 2 aromatic carbocycles. The third kappa shape index (κ3) is 5.37. The van der Waals surface area contributed by atoms with Crippen molar-refractivity contribution in [2.45, 2.75) is 13.5 Å². The van der Waals surface area contributed by atoms with Crippen LogP contribution in [0.5, 0.6) is 5.75 Å². The monoisotopic (exact) mass is 463 g/mol. The first kappa shape index (κ1) is 23.3. The topological polar surface area (TPSA) is 99.9 Å². The molecule has 0 bridgehead atoms. The normalized spacial score (nSPS) is 14.0. The van der Waals surface area contributed by atoms with Gasteiger partial charge in [-0.15, -0.1) is 0 Å². The SMILES string of the molecule is CNC(=O)c1ccc(-c2nc(CN3CCN(C(=O)Nc4ccc(OC)cc4)CC3)c(C)o2)cc1. The average molecular weight is 464 g/mol. The molecule has 3 aromatic rings. The number of oxazole rings is 1. The number of ether oxygens (including phenoxy) is 1. The number of anilines is 1. The maximum Gasteiger partial charge on any atom is 0.321 e. The molecule has 0 unspecified atom stereocenters. The van der Waals surface area contributed by atoms with E-state index in [1.807, 2.05) is 48.2 Å². The van der Waals surface area contributed by atoms with E-state index in [4.69, 9.17) is 9.15 Å². The van der Waals surface area contributed by atoms with Crippen molar-refractivity contribution in [1.29, 1.82) is 0 Å². The summed E-state index contributed by atoms with van der Waals surface area (Å²) in [6.07, 6.45) is 0. The van der Waals surface area contributed by atoms with Crippen LogP contribution in [0.4, 0.5) is 10.5 Å². The number of piperazine rings is 1. The van der Waals surface area contributed by atoms with Crippen molar-refractivity contribution in [2.75, 3.05) is 45.7 Å². The molecular weight excluding hydrogens is 434 g/mol. The molecule has 0 aliphatic carbocycles. The fraction of sp³-hybridized carbons (Fsp3) is 0.320. The fourth-order valence-corrected chi connectivity index (χ4v) is 3.80. The zero-order valence-corrected chi connectivity index (χ0v) is 19.6. The van der Waals surface area contributed by atoms with Gasteiger partial charge in [0.1, 0.15) is 11.5 Å². The van der Waals surface area contributed by atoms with Crippen molar-refractivity contribution in [3.8, 4) is 17.2 Å². The number of nitrogens with one attached hydrogen (secondary N) is 2. The minimum Gasteiger partial charge on any atom is -0.497 e. The van der Waals surface area contributed by atoms with Crippen LogP contribution in [0.3, 0.4) is 0 Å². The first-order chi connectivity index (χ1) is 16.5. The van der Waals surface area contributed by atoms with Crippen molar-refractivity contribution >= 4 is 17.6 Å². The summed E-state index contributed by atoms with van der Waals surface area (Å²) in [4.78, 5) is 33.1. The quantitative estimate of drug-likeness (QED) is 0.582. The van der Waals surface area contributed by atoms with Gasteiger partial charge in [-0.2, -0.15) is 0 Å². The molecule has 3 amide bonds. The summed E-state index contributed by atoms with van der Waals surface area (Å²) >= 11 is 0. The summed E-state index contributed by atoms with van der Waals surface area (Å²) in [6.45, 7) is 5.32. The molecule has 2 N–H and O–H groups in total. The molecule has 1 aromatic heterocycles. The van der Waals surface area contributed by atoms with Gasteiger partial charge >= 0.3 is 6.03 Å². The van der Waals surface area contributed by atoms with Crippen LogP contribution >= 0.6 is 0 Å². The van der Waals surface area contributed by atoms with Gasteiger partial charge < -0.3 is 24.7 Å². The zero-order chi connectivity index (χ0) is 24.1. The number of aromatic nitrogens is 1. The van der Waals surface area contributed by atoms with Gasteiger partial charge in [-0.05, 0) is 55.5 Å². The molecule has 9 nitrogen and oxygen atoms in total. The third-order valence-corrected chi connectivity index (χ3v) is 5.89. The van der Waals surface area contributed by atoms with Crippen molar-refractivity contribution in [3.63, 3.8) is 0 Å². The number of aryl methyl sites for hydroxylation is 1. The van der Waals surface area contributed by atoms with Gasteiger partial charge in [-0.25, -0.2) is 9.78 Å². The maximum absolute atomic E-state index is 12.6. The summed E-state index contributed by atoms with van der Waals surface area (Å²) < 4.78 is 11.0. The van der Waals surface area contributed by atoms with Gasteiger partial charge in [0, 0.05) is 56.6 Å². The van der Waals surface area contributed by atoms with Crippen LogP contribution in [0.2, 0.25) is 0 Å². The van der Waals surface area contributed by atoms with E-state index >= 15 is 0 Å². The van der Waals surface area contributed by atoms with Crippen LogP contribution in [0.25, 0.3) is 11.5 Å². The minimum absolute atomic E-state index is 0.107. The van der Waals surface area contributed by atoms with Crippen LogP contribution in [0.15, 0.2) is 52.9 Å². The third-order valence-electron chi connectivity index (χ3n) is 5.89. The van der Waals surface area contributed by atoms with Gasteiger partial charge in [0.25, 0.3) is 5.91 Å². The second kappa shape index (κ2) is 10.4. The van der Waals surface area contributed by atoms with Crippen LogP contribution < -0.4 is 15.4 Å². The molecule has 1 fully saturated rings. The largest absolute Gasteiger partial charge is 0.497 e. The Morgan fingerprint density at radius 2 is 1.71 bits per heavy atom. The van der Waals surface area contributed by atoms with Crippen molar-refractivity contribution < 1.29 is 18.7 Å². The Balaban J connectivity index is 1.31. The van der Waals surface area contributed by atoms with Gasteiger partial charge in [-0.3, -0.25) is 9.69 Å². The molecular formula is C25H29N5O4. The predicted molar refractivity (Wildman–Crippen MR) is 129 cm³/mol. The molecule has 4 rings (SSSR count). The highest BCUT2D eigenvalue weighted by Gasteiger charge is 2.23. The second-order valence-corrected chi connectivity index (χ2v) is 8.10. The first-order valence-corrected chi connectivity index (χ1v) is 11.2. The summed E-state index contributed by atoms with van der Waals surface area (Å²) in [6, 6.07) is 14.3. The average Bonchev–Trinajstić information content (AvgIpc) is 3.24. The summed E-state index contributed by atoms with van der Waals surface area (Å²) in [5, 5.41) is 5.54. The molecule has 9 heteroatoms. The lowest BCUT2D eigenvalue weighted by atomic mass is 10.1. The van der Waals surface area contributed by atoms with Gasteiger partial charge in [-0.1, -0.05) is 0 Å². The van der Waals surface area contributed by atoms with E-state index in [1.165, 1.54) is 0 Å². The number of hydrogen-bond acceptors (Lipinski definition) is 6. The molecule has 1 saturated heterocycles. The molecule has 1 aliphatic heterocycles. The summed E-state index contributed by atoms with van der Waals surface area (Å²) in [5.74, 6) is 1.92. The summed E-state index contributed by atoms with van der Waals surface area (Å²) in [5.41, 5.74) is 3.02. The van der Waals surface area contributed by atoms with E-state index in [1.54, 1.807) is 26.3 Å². The minimum atomic E-state index is -0.132. The number of methoxy groups -OCH3 is 1. The standard InChI is InChI=1S/C25H29N5O4/c1-17-22(28-24(34-17)19-6-4-18(5-7-19)23(31)26-2)16-29-12-14-30(15-13-29)25(32)27-20-8-10-21(33-3)11-9-20/h4-11H,12-16H2,1-3H3,(H,26,31)(H,27,32). The lowest BCUT2D eigenvalue weighted by molar-refractivity contribution is 0.0963. The zero-order valence-electron chi connectivity index (χ0n) is 19.6. The Bertz CT molecular complexity index is 1130. The lowest BCUT2D eigenvalue weighted by Gasteiger charge is -2.34. The predicted octanol–water partition coefficient (Wildman–Crippen LogP) is 3.37. The van der Waals surface area contributed by atoms with E-state index in [0.29, 0.717) is 31.1 Å². The van der Waals surface area contributed by atoms with Crippen molar-refractivity contribution in [1.82, 2.24) is 20.1 Å². The number of urea groups is 1. The van der Waals surface area contributed by atoms with E-state index in [9.17, 15) is 9.59 Å². The molecule has 0 saturated carbocycles. The number of carbonyl (C=O) groups excluding carboxylic acids is 2. The number of nitrogens with zero attached hydrogens (tertiary/aromatic N) is 3. The first-order valence-electron chi connectivity index (χ1n) is 11.2. The van der Waals surface area contributed by atoms with Gasteiger partial charge in [0.2, 0.25) is 5.89 Å². The highest BCUT2D eigenvalue weighted by atomic mass is 16.5. The van der Waals surface area contributed by atoms with Crippen molar-refractivity contribution in [2.24, 2.45) is 0 Å². The smallest absolute Gasteiger partial charge is 0.321 e. The highest BCUT2D eigenvalue weighted by molar-refractivity contribution is 5.94. The number of carbonyl (C=O) groups is 2. The Morgan fingerprint density at radius 1 is 1.03 bits per heavy atom. The number of hydrogen-bond donors (Lipinski definition) is 2. The maximum atomic E-state index is 12.6. The van der Waals surface area contributed by atoms with Crippen LogP contribution in [-0.2, 0) is 6.54 Å². The molecule has 0 atom stereocenters. The molecule has 178 valence electrons. The van der Waals surface area contributed by atoms with Crippen LogP contribution in [-0.4, -0.2) is 67.1 Å². The second-order valence-electron chi connectivity index (χ2n) is 8.10. The Labute approximate surface area is 198 Å². The fourth-order valence-electron chi connectivity index (χ4n) is 3.80. The van der Waals surface area contributed by atoms with Gasteiger partial charge in [0.05, 0.1) is 12.8 Å². The number of amides is 3. The number of benzene rings is 2. The molecule has 0 radical (unpaired) electrons. The molecule has 2 heterocycles. The highest BCUT2D eigenvalue weighted by Crippen LogP contribution is 2.23. The summed E-state index contributed by atoms with van der Waals surface area (Å²) in [7, 11) is 3.22. The molecule has 0 spiro atoms.